The van der Waals surface area contributed by atoms with Crippen molar-refractivity contribution in [1.82, 2.24) is 4.90 Å². The first-order valence-corrected chi connectivity index (χ1v) is 3.74. The van der Waals surface area contributed by atoms with Gasteiger partial charge in [0, 0.05) is 18.4 Å². The van der Waals surface area contributed by atoms with Crippen LogP contribution in [0.2, 0.25) is 0 Å². The van der Waals surface area contributed by atoms with Gasteiger partial charge in [-0.15, -0.1) is 0 Å². The summed E-state index contributed by atoms with van der Waals surface area (Å²) in [5.74, 6) is -0.905. The van der Waals surface area contributed by atoms with E-state index in [0.29, 0.717) is 5.57 Å². The fourth-order valence-electron chi connectivity index (χ4n) is 0.996. The van der Waals surface area contributed by atoms with E-state index in [-0.39, 0.29) is 0 Å². The van der Waals surface area contributed by atoms with Crippen molar-refractivity contribution in [2.75, 3.05) is 6.54 Å². The van der Waals surface area contributed by atoms with E-state index in [1.807, 2.05) is 6.92 Å². The summed E-state index contributed by atoms with van der Waals surface area (Å²) in [7, 11) is 0. The second kappa shape index (κ2) is 3.26. The van der Waals surface area contributed by atoms with E-state index in [0.717, 1.165) is 12.2 Å². The molecule has 1 heterocycles. The van der Waals surface area contributed by atoms with Gasteiger partial charge in [-0.25, -0.2) is 4.79 Å². The minimum absolute atomic E-state index is 0.296. The molecule has 12 heavy (non-hydrogen) atoms. The summed E-state index contributed by atoms with van der Waals surface area (Å²) >= 11 is 0. The van der Waals surface area contributed by atoms with Crippen molar-refractivity contribution in [3.8, 4) is 0 Å². The van der Waals surface area contributed by atoms with Gasteiger partial charge in [0.2, 0.25) is 0 Å². The molecule has 3 nitrogen and oxygen atoms in total. The van der Waals surface area contributed by atoms with Crippen LogP contribution in [0.1, 0.15) is 6.92 Å². The average molecular weight is 165 g/mol. The Bertz CT molecular complexity index is 276. The molecule has 0 saturated carbocycles. The lowest BCUT2D eigenvalue weighted by molar-refractivity contribution is -0.132. The Kier molecular flexibility index (Phi) is 2.33. The number of carbonyl (C=O) groups is 1. The lowest BCUT2D eigenvalue weighted by Crippen LogP contribution is -2.19. The predicted molar refractivity (Wildman–Crippen MR) is 46.4 cm³/mol. The smallest absolute Gasteiger partial charge is 0.337 e. The van der Waals surface area contributed by atoms with E-state index in [9.17, 15) is 4.79 Å². The number of likely N-dealkylation sites (N-methyl/N-ethyl adjacent to an activating group) is 1. The van der Waals surface area contributed by atoms with Crippen molar-refractivity contribution in [2.45, 2.75) is 6.92 Å². The molecule has 0 fully saturated rings. The van der Waals surface area contributed by atoms with Crippen LogP contribution in [0.4, 0.5) is 0 Å². The van der Waals surface area contributed by atoms with E-state index >= 15 is 0 Å². The number of allylic oxidation sites excluding steroid dienone is 1. The Morgan fingerprint density at radius 1 is 1.67 bits per heavy atom. The van der Waals surface area contributed by atoms with Crippen LogP contribution >= 0.6 is 0 Å². The zero-order valence-corrected chi connectivity index (χ0v) is 6.95. The van der Waals surface area contributed by atoms with Gasteiger partial charge in [0.1, 0.15) is 0 Å². The first-order chi connectivity index (χ1) is 5.65. The highest BCUT2D eigenvalue weighted by Gasteiger charge is 2.11. The number of nitrogens with zero attached hydrogens (tertiary/aromatic N) is 1. The Morgan fingerprint density at radius 3 is 2.83 bits per heavy atom. The summed E-state index contributed by atoms with van der Waals surface area (Å²) in [6.07, 6.45) is 4.84. The molecule has 0 amide bonds. The van der Waals surface area contributed by atoms with Gasteiger partial charge in [0.15, 0.2) is 0 Å². The number of rotatable bonds is 2. The maximum Gasteiger partial charge on any atom is 0.337 e. The number of aliphatic carboxylic acids is 1. The fraction of sp³-hybridized carbons (Fsp3) is 0.222. The summed E-state index contributed by atoms with van der Waals surface area (Å²) in [6, 6.07) is 0. The van der Waals surface area contributed by atoms with E-state index in [1.54, 1.807) is 23.3 Å². The lowest BCUT2D eigenvalue weighted by atomic mass is 10.2. The number of carboxylic acids is 1. The molecule has 1 aliphatic heterocycles. The Labute approximate surface area is 71.3 Å². The predicted octanol–water partition coefficient (Wildman–Crippen LogP) is 1.36. The molecule has 0 aromatic heterocycles. The van der Waals surface area contributed by atoms with Crippen LogP contribution in [0.5, 0.6) is 0 Å². The molecule has 0 aliphatic carbocycles. The second-order valence-electron chi connectivity index (χ2n) is 2.50. The molecule has 0 radical (unpaired) electrons. The summed E-state index contributed by atoms with van der Waals surface area (Å²) in [6.45, 7) is 6.44. The molecule has 0 spiro atoms. The monoisotopic (exact) mass is 165 g/mol. The maximum atomic E-state index is 10.5. The van der Waals surface area contributed by atoms with Crippen LogP contribution in [-0.4, -0.2) is 22.5 Å². The van der Waals surface area contributed by atoms with Gasteiger partial charge >= 0.3 is 5.97 Å². The molecule has 1 rings (SSSR count). The van der Waals surface area contributed by atoms with Crippen LogP contribution < -0.4 is 0 Å². The maximum absolute atomic E-state index is 10.5. The number of carboxylic acid groups (broad SMARTS) is 1. The molecular weight excluding hydrogens is 154 g/mol. The normalized spacial score (nSPS) is 16.2. The molecule has 0 atom stereocenters. The summed E-state index contributed by atoms with van der Waals surface area (Å²) < 4.78 is 0. The fourth-order valence-corrected chi connectivity index (χ4v) is 0.996. The van der Waals surface area contributed by atoms with Crippen LogP contribution in [0, 0.1) is 0 Å². The molecule has 0 aromatic rings. The molecule has 0 unspecified atom stereocenters. The zero-order chi connectivity index (χ0) is 9.14. The standard InChI is InChI=1S/C9H11NO2/c1-3-10-6-8(9(11)12)5-4-7(10)2/h4-6H,2-3H2,1H3,(H,11,12). The molecule has 3 heteroatoms. The number of hydrogen-bond donors (Lipinski definition) is 1. The molecule has 0 bridgehead atoms. The Hall–Kier alpha value is -1.51. The Morgan fingerprint density at radius 2 is 2.33 bits per heavy atom. The highest BCUT2D eigenvalue weighted by molar-refractivity contribution is 5.90. The van der Waals surface area contributed by atoms with E-state index < -0.39 is 5.97 Å². The molecule has 0 aromatic carbocycles. The van der Waals surface area contributed by atoms with Crippen molar-refractivity contribution in [1.29, 1.82) is 0 Å². The van der Waals surface area contributed by atoms with Gasteiger partial charge in [-0.3, -0.25) is 0 Å². The number of hydrogen-bond acceptors (Lipinski definition) is 2. The Balaban J connectivity index is 2.87. The van der Waals surface area contributed by atoms with Gasteiger partial charge in [0.25, 0.3) is 0 Å². The molecular formula is C9H11NO2. The first-order valence-electron chi connectivity index (χ1n) is 3.74. The van der Waals surface area contributed by atoms with Gasteiger partial charge in [0.05, 0.1) is 5.57 Å². The van der Waals surface area contributed by atoms with Gasteiger partial charge in [-0.1, -0.05) is 6.58 Å². The third-order valence-corrected chi connectivity index (χ3v) is 1.71. The summed E-state index contributed by atoms with van der Waals surface area (Å²) in [5, 5.41) is 8.66. The topological polar surface area (TPSA) is 40.5 Å². The van der Waals surface area contributed by atoms with E-state index in [4.69, 9.17) is 5.11 Å². The minimum atomic E-state index is -0.905. The zero-order valence-electron chi connectivity index (χ0n) is 6.95. The van der Waals surface area contributed by atoms with E-state index in [1.165, 1.54) is 0 Å². The summed E-state index contributed by atoms with van der Waals surface area (Å²) in [4.78, 5) is 12.3. The van der Waals surface area contributed by atoms with Crippen LogP contribution in [0.15, 0.2) is 36.2 Å². The summed E-state index contributed by atoms with van der Waals surface area (Å²) in [5.41, 5.74) is 1.12. The van der Waals surface area contributed by atoms with Crippen molar-refractivity contribution in [3.63, 3.8) is 0 Å². The van der Waals surface area contributed by atoms with Gasteiger partial charge in [-0.2, -0.15) is 0 Å². The molecule has 64 valence electrons. The molecule has 1 N–H and O–H groups in total. The van der Waals surface area contributed by atoms with Crippen molar-refractivity contribution < 1.29 is 9.90 Å². The highest BCUT2D eigenvalue weighted by atomic mass is 16.4. The molecule has 0 saturated heterocycles. The molecule has 1 aliphatic rings. The third kappa shape index (κ3) is 1.56. The van der Waals surface area contributed by atoms with Crippen LogP contribution in [-0.2, 0) is 4.79 Å². The van der Waals surface area contributed by atoms with Crippen LogP contribution in [0.25, 0.3) is 0 Å². The third-order valence-electron chi connectivity index (χ3n) is 1.71. The van der Waals surface area contributed by atoms with Gasteiger partial charge in [-0.05, 0) is 19.1 Å². The average Bonchev–Trinajstić information content (AvgIpc) is 2.05. The van der Waals surface area contributed by atoms with Crippen molar-refractivity contribution >= 4 is 5.97 Å². The minimum Gasteiger partial charge on any atom is -0.478 e. The van der Waals surface area contributed by atoms with Crippen molar-refractivity contribution in [2.24, 2.45) is 0 Å². The largest absolute Gasteiger partial charge is 0.478 e. The van der Waals surface area contributed by atoms with Crippen molar-refractivity contribution in [3.05, 3.63) is 36.2 Å². The van der Waals surface area contributed by atoms with Gasteiger partial charge < -0.3 is 10.0 Å². The quantitative estimate of drug-likeness (QED) is 0.671. The van der Waals surface area contributed by atoms with E-state index in [2.05, 4.69) is 6.58 Å². The first kappa shape index (κ1) is 8.59. The second-order valence-corrected chi connectivity index (χ2v) is 2.50. The highest BCUT2D eigenvalue weighted by Crippen LogP contribution is 2.14. The van der Waals surface area contributed by atoms with Crippen LogP contribution in [0.3, 0.4) is 0 Å². The SMILES string of the molecule is C=C1C=CC(C(=O)O)=CN1CC. The lowest BCUT2D eigenvalue weighted by Gasteiger charge is -2.21.